The number of anilines is 1. The summed E-state index contributed by atoms with van der Waals surface area (Å²) in [5.74, 6) is -0.332. The van der Waals surface area contributed by atoms with Crippen molar-refractivity contribution < 1.29 is 27.5 Å². The number of Topliss-reactive ketones (excluding diaryl/α,β-unsaturated/α-hetero) is 1. The van der Waals surface area contributed by atoms with E-state index in [4.69, 9.17) is 5.73 Å². The Balaban J connectivity index is 0.00000361. The van der Waals surface area contributed by atoms with Crippen LogP contribution in [-0.2, 0) is 17.8 Å². The van der Waals surface area contributed by atoms with Crippen LogP contribution in [0.25, 0.3) is 0 Å². The lowest BCUT2D eigenvalue weighted by Crippen LogP contribution is -2.44. The molecule has 0 bridgehead atoms. The number of hydrogen-bond donors (Lipinski definition) is 1. The smallest absolute Gasteiger partial charge is 0.406 e. The molecule has 10 heteroatoms. The summed E-state index contributed by atoms with van der Waals surface area (Å²) in [7, 11) is 0. The van der Waals surface area contributed by atoms with Gasteiger partial charge < -0.3 is 15.4 Å². The second-order valence-electron chi connectivity index (χ2n) is 8.12. The second-order valence-corrected chi connectivity index (χ2v) is 9.19. The molecule has 1 atom stereocenters. The van der Waals surface area contributed by atoms with E-state index < -0.39 is 12.4 Å². The molecule has 36 heavy (non-hydrogen) atoms. The molecule has 1 aliphatic rings. The molecule has 3 aromatic carbocycles. The number of aryl methyl sites for hydroxylation is 1. The van der Waals surface area contributed by atoms with Gasteiger partial charge in [-0.05, 0) is 41.8 Å². The van der Waals surface area contributed by atoms with Gasteiger partial charge in [-0.3, -0.25) is 9.59 Å². The number of carbonyl (C=O) groups excluding carboxylic acids is 2. The van der Waals surface area contributed by atoms with E-state index >= 15 is 0 Å². The van der Waals surface area contributed by atoms with E-state index in [2.05, 4.69) is 4.74 Å². The van der Waals surface area contributed by atoms with Crippen molar-refractivity contribution in [2.75, 3.05) is 10.7 Å². The molecule has 0 saturated carbocycles. The Labute approximate surface area is 217 Å². The molecule has 5 nitrogen and oxygen atoms in total. The number of alkyl halides is 3. The normalized spacial score (nSPS) is 15.5. The fraction of sp³-hybridized carbons (Fsp3) is 0.231. The zero-order valence-corrected chi connectivity index (χ0v) is 20.7. The van der Waals surface area contributed by atoms with Crippen LogP contribution in [0.4, 0.5) is 18.9 Å². The fourth-order valence-corrected chi connectivity index (χ4v) is 4.77. The number of carbonyl (C=O) groups is 2. The Kier molecular flexibility index (Phi) is 9.05. The molecule has 0 aliphatic carbocycles. The maximum Gasteiger partial charge on any atom is 0.573 e. The van der Waals surface area contributed by atoms with Gasteiger partial charge in [0.1, 0.15) is 5.75 Å². The molecule has 0 aromatic heterocycles. The van der Waals surface area contributed by atoms with Crippen LogP contribution in [0.15, 0.2) is 77.7 Å². The van der Waals surface area contributed by atoms with E-state index in [1.807, 2.05) is 36.4 Å². The van der Waals surface area contributed by atoms with Crippen LogP contribution in [-0.4, -0.2) is 29.8 Å². The quantitative estimate of drug-likeness (QED) is 0.387. The molecule has 0 fully saturated rings. The van der Waals surface area contributed by atoms with Gasteiger partial charge in [0.15, 0.2) is 5.78 Å². The molecular weight excluding hydrogens is 513 g/mol. The first-order valence-electron chi connectivity index (χ1n) is 11.0. The van der Waals surface area contributed by atoms with Gasteiger partial charge >= 0.3 is 6.36 Å². The first-order chi connectivity index (χ1) is 16.7. The van der Waals surface area contributed by atoms with Crippen LogP contribution in [0.1, 0.15) is 27.9 Å². The van der Waals surface area contributed by atoms with Gasteiger partial charge in [-0.2, -0.15) is 0 Å². The average molecular weight is 537 g/mol. The van der Waals surface area contributed by atoms with Crippen LogP contribution in [0, 0.1) is 0 Å². The van der Waals surface area contributed by atoms with Crippen molar-refractivity contribution in [1.29, 1.82) is 0 Å². The lowest BCUT2D eigenvalue weighted by Gasteiger charge is -2.25. The second kappa shape index (κ2) is 11.8. The molecule has 1 aliphatic heterocycles. The molecule has 1 amide bonds. The summed E-state index contributed by atoms with van der Waals surface area (Å²) in [6.45, 7) is 0.0913. The van der Waals surface area contributed by atoms with Crippen LogP contribution in [0.5, 0.6) is 5.75 Å². The predicted molar refractivity (Wildman–Crippen MR) is 136 cm³/mol. The third-order valence-corrected chi connectivity index (χ3v) is 6.74. The zero-order chi connectivity index (χ0) is 25.0. The third-order valence-electron chi connectivity index (χ3n) is 5.55. The first-order valence-corrected chi connectivity index (χ1v) is 11.9. The molecular formula is C26H24ClF3N2O3S. The molecule has 0 unspecified atom stereocenters. The fourth-order valence-electron chi connectivity index (χ4n) is 3.78. The van der Waals surface area contributed by atoms with Crippen molar-refractivity contribution >= 4 is 41.5 Å². The molecule has 3 aromatic rings. The Morgan fingerprint density at radius 2 is 1.72 bits per heavy atom. The van der Waals surface area contributed by atoms with Crippen LogP contribution >= 0.6 is 24.2 Å². The summed E-state index contributed by atoms with van der Waals surface area (Å²) >= 11 is 1.43. The summed E-state index contributed by atoms with van der Waals surface area (Å²) in [6.07, 6.45) is -3.86. The number of halogens is 4. The van der Waals surface area contributed by atoms with E-state index in [0.29, 0.717) is 35.4 Å². The van der Waals surface area contributed by atoms with Crippen molar-refractivity contribution in [3.63, 3.8) is 0 Å². The number of nitrogens with zero attached hydrogens (tertiary/aromatic N) is 1. The topological polar surface area (TPSA) is 72.6 Å². The van der Waals surface area contributed by atoms with Gasteiger partial charge in [-0.25, -0.2) is 0 Å². The van der Waals surface area contributed by atoms with Gasteiger partial charge in [-0.1, -0.05) is 48.5 Å². The number of nitrogens with two attached hydrogens (primary N) is 1. The minimum Gasteiger partial charge on any atom is -0.406 e. The zero-order valence-electron chi connectivity index (χ0n) is 19.0. The number of thioether (sulfide) groups is 1. The highest BCUT2D eigenvalue weighted by Crippen LogP contribution is 2.36. The Morgan fingerprint density at radius 3 is 2.39 bits per heavy atom. The molecule has 0 spiro atoms. The average Bonchev–Trinajstić information content (AvgIpc) is 2.95. The molecule has 1 heterocycles. The number of fused-ring (bicyclic) bond motifs is 1. The molecule has 190 valence electrons. The predicted octanol–water partition coefficient (Wildman–Crippen LogP) is 5.79. The summed E-state index contributed by atoms with van der Waals surface area (Å²) in [6, 6.07) is 19.5. The first kappa shape index (κ1) is 27.6. The number of amides is 1. The monoisotopic (exact) mass is 536 g/mol. The van der Waals surface area contributed by atoms with Crippen LogP contribution in [0.2, 0.25) is 0 Å². The van der Waals surface area contributed by atoms with E-state index in [1.165, 1.54) is 40.9 Å². The largest absolute Gasteiger partial charge is 0.573 e. The number of hydrogen-bond acceptors (Lipinski definition) is 5. The minimum atomic E-state index is -4.78. The number of benzene rings is 3. The molecule has 2 N–H and O–H groups in total. The Bertz CT molecular complexity index is 1210. The van der Waals surface area contributed by atoms with Gasteiger partial charge in [0.2, 0.25) is 5.91 Å². The van der Waals surface area contributed by atoms with Crippen LogP contribution in [0.3, 0.4) is 0 Å². The maximum atomic E-state index is 13.1. The molecule has 4 rings (SSSR count). The SMILES string of the molecule is Cl.N[C@H]1CSc2ccc(C(=O)CCc3ccccc3)cc2N(Cc2ccc(OC(F)(F)F)cc2)C1=O. The van der Waals surface area contributed by atoms with Crippen molar-refractivity contribution in [1.82, 2.24) is 0 Å². The molecule has 0 radical (unpaired) electrons. The number of ketones is 1. The van der Waals surface area contributed by atoms with Crippen molar-refractivity contribution in [3.8, 4) is 5.75 Å². The van der Waals surface area contributed by atoms with E-state index in [-0.39, 0.29) is 36.4 Å². The van der Waals surface area contributed by atoms with E-state index in [9.17, 15) is 22.8 Å². The lowest BCUT2D eigenvalue weighted by atomic mass is 10.0. The summed E-state index contributed by atoms with van der Waals surface area (Å²) in [4.78, 5) is 28.3. The number of ether oxygens (including phenoxy) is 1. The highest BCUT2D eigenvalue weighted by molar-refractivity contribution is 7.99. The van der Waals surface area contributed by atoms with E-state index in [0.717, 1.165) is 10.5 Å². The standard InChI is InChI=1S/C26H23F3N2O3S.ClH/c27-26(28,29)34-20-10-6-18(7-11-20)15-31-22-14-19(9-13-24(22)35-16-21(30)25(31)33)23(32)12-8-17-4-2-1-3-5-17;/h1-7,9-11,13-14,21H,8,12,15-16,30H2;1H/t21-;/m0./s1. The maximum absolute atomic E-state index is 13.1. The summed E-state index contributed by atoms with van der Waals surface area (Å²) in [5, 5.41) is 0. The van der Waals surface area contributed by atoms with Crippen LogP contribution < -0.4 is 15.4 Å². The van der Waals surface area contributed by atoms with Crippen molar-refractivity contribution in [2.45, 2.75) is 36.7 Å². The summed E-state index contributed by atoms with van der Waals surface area (Å²) < 4.78 is 41.3. The third kappa shape index (κ3) is 7.02. The minimum absolute atomic E-state index is 0. The highest BCUT2D eigenvalue weighted by Gasteiger charge is 2.32. The Morgan fingerprint density at radius 1 is 1.03 bits per heavy atom. The van der Waals surface area contributed by atoms with Gasteiger partial charge in [-0.15, -0.1) is 37.3 Å². The molecule has 0 saturated heterocycles. The lowest BCUT2D eigenvalue weighted by molar-refractivity contribution is -0.274. The number of rotatable bonds is 7. The van der Waals surface area contributed by atoms with Crippen molar-refractivity contribution in [3.05, 3.63) is 89.5 Å². The van der Waals surface area contributed by atoms with E-state index in [1.54, 1.807) is 12.1 Å². The Hall–Kier alpha value is -3.01. The van der Waals surface area contributed by atoms with Gasteiger partial charge in [0.25, 0.3) is 0 Å². The van der Waals surface area contributed by atoms with Gasteiger partial charge in [0, 0.05) is 22.6 Å². The highest BCUT2D eigenvalue weighted by atomic mass is 35.5. The summed E-state index contributed by atoms with van der Waals surface area (Å²) in [5.41, 5.74) is 8.79. The van der Waals surface area contributed by atoms with Gasteiger partial charge in [0.05, 0.1) is 18.3 Å². The van der Waals surface area contributed by atoms with Crippen molar-refractivity contribution in [2.24, 2.45) is 5.73 Å².